The molecule has 1 amide bonds. The summed E-state index contributed by atoms with van der Waals surface area (Å²) < 4.78 is 12.4. The normalized spacial score (nSPS) is 13.5. The van der Waals surface area contributed by atoms with Gasteiger partial charge in [-0.05, 0) is 200 Å². The second kappa shape index (κ2) is 44.3. The number of carboxylic acids is 1. The molecule has 85 heavy (non-hydrogen) atoms. The largest absolute Gasteiger partial charge is 0.494 e. The molecule has 8 nitrogen and oxygen atoms in total. The van der Waals surface area contributed by atoms with Crippen LogP contribution in [-0.4, -0.2) is 51.8 Å². The van der Waals surface area contributed by atoms with E-state index in [1.54, 1.807) is 36.4 Å². The van der Waals surface area contributed by atoms with E-state index in [0.29, 0.717) is 52.8 Å². The average molecular weight is 1190 g/mol. The van der Waals surface area contributed by atoms with E-state index < -0.39 is 28.5 Å². The smallest absolute Gasteiger partial charge is 0.307 e. The number of unbranched alkanes of at least 4 members (excludes halogenated alkanes) is 2. The van der Waals surface area contributed by atoms with Gasteiger partial charge in [0, 0.05) is 34.4 Å². The van der Waals surface area contributed by atoms with Crippen LogP contribution in [-0.2, 0) is 13.7 Å². The number of hydrogen-bond donors (Lipinski definition) is 2. The topological polar surface area (TPSA) is 119 Å². The van der Waals surface area contributed by atoms with Crippen LogP contribution in [0.1, 0.15) is 183 Å². The number of nitrogens with one attached hydrogen (secondary N) is 1. The molecular weight excluding hydrogens is 1080 g/mol. The molecule has 0 fully saturated rings. The molecule has 0 aliphatic rings. The van der Waals surface area contributed by atoms with Crippen molar-refractivity contribution in [3.8, 4) is 5.75 Å². The van der Waals surface area contributed by atoms with Crippen LogP contribution in [0.2, 0.25) is 38.3 Å². The molecule has 5 atom stereocenters. The molecule has 464 valence electrons. The van der Waals surface area contributed by atoms with Crippen LogP contribution in [0.15, 0.2) is 183 Å². The summed E-state index contributed by atoms with van der Waals surface area (Å²) in [4.78, 5) is 50.0. The molecule has 2 N–H and O–H groups in total. The summed E-state index contributed by atoms with van der Waals surface area (Å²) in [6, 6.07) is 34.7. The van der Waals surface area contributed by atoms with Gasteiger partial charge in [0.05, 0.1) is 12.5 Å². The fraction of sp³-hybridized carbons (Fsp3) is 0.467. The maximum atomic E-state index is 12.8. The lowest BCUT2D eigenvalue weighted by molar-refractivity contribution is -0.145. The molecule has 10 heteroatoms. The number of aliphatic carboxylic acids is 1. The van der Waals surface area contributed by atoms with Crippen molar-refractivity contribution in [2.24, 2.45) is 29.6 Å². The number of anilines is 1. The lowest BCUT2D eigenvalue weighted by Crippen LogP contribution is -2.43. The summed E-state index contributed by atoms with van der Waals surface area (Å²) >= 11 is 0. The summed E-state index contributed by atoms with van der Waals surface area (Å²) in [5, 5.41) is 12.7. The van der Waals surface area contributed by atoms with E-state index >= 15 is 0 Å². The first-order valence-electron chi connectivity index (χ1n) is 32.0. The first-order valence-corrected chi connectivity index (χ1v) is 38.2. The van der Waals surface area contributed by atoms with Crippen LogP contribution in [0.4, 0.5) is 5.69 Å². The minimum absolute atomic E-state index is 0.0368. The standard InChI is InChI=1S/C35H45NO4.C22H32O3Si2.C18H32/c1-4-7-8-9-10-11-12-14-17-27(5-2)20-21-28(6-3)32(35(39)40)26-33(37)36-31-24-22-30(23-25-31)34(38)29-18-15-13-16-19-29;1-6-26(2,3)25-27(4,5)18-10-17-24-21-15-13-20(14-16-21)22(23)19-11-8-7-9-12-19;1-5-8-9-10-11-12-13-14-15-18(7-3)16-17(4)6-2/h5,7-8,11-13,15-16,18-19,22-25,27-28,32H,2,4,6,9-10,14,17,20-21,26H2,1,3H3,(H,36,37)(H,39,40);7-9,11-16H,6,10,17-18H2,1-5H3;7-9,12-13,17-18H,3,5-6,10-11,14-16H2,1-2,4H3/b8-7+,12-11-;;9-8+,13-12-. The van der Waals surface area contributed by atoms with E-state index in [0.717, 1.165) is 81.5 Å². The highest BCUT2D eigenvalue weighted by Gasteiger charge is 2.32. The van der Waals surface area contributed by atoms with Crippen molar-refractivity contribution in [3.05, 3.63) is 205 Å². The van der Waals surface area contributed by atoms with Crippen LogP contribution in [0, 0.1) is 29.6 Å². The van der Waals surface area contributed by atoms with Gasteiger partial charge in [-0.2, -0.15) is 0 Å². The molecule has 0 heterocycles. The third kappa shape index (κ3) is 33.3. The lowest BCUT2D eigenvalue weighted by Gasteiger charge is -2.33. The lowest BCUT2D eigenvalue weighted by atomic mass is 9.81. The zero-order valence-electron chi connectivity index (χ0n) is 54.0. The van der Waals surface area contributed by atoms with Crippen LogP contribution < -0.4 is 10.1 Å². The molecule has 0 aromatic heterocycles. The van der Waals surface area contributed by atoms with E-state index in [1.165, 1.54) is 38.5 Å². The number of carbonyl (C=O) groups excluding carboxylic acids is 3. The van der Waals surface area contributed by atoms with Gasteiger partial charge < -0.3 is 19.3 Å². The molecular formula is C75H109NO7Si2. The summed E-state index contributed by atoms with van der Waals surface area (Å²) in [6.45, 7) is 31.0. The van der Waals surface area contributed by atoms with Crippen LogP contribution in [0.5, 0.6) is 5.75 Å². The predicted octanol–water partition coefficient (Wildman–Crippen LogP) is 21.1. The minimum atomic E-state index is -1.62. The van der Waals surface area contributed by atoms with Gasteiger partial charge in [0.2, 0.25) is 5.91 Å². The van der Waals surface area contributed by atoms with Crippen molar-refractivity contribution in [2.45, 2.75) is 189 Å². The first kappa shape index (κ1) is 74.9. The summed E-state index contributed by atoms with van der Waals surface area (Å²) in [5.74, 6) is 0.456. The molecule has 0 spiro atoms. The second-order valence-electron chi connectivity index (χ2n) is 23.6. The van der Waals surface area contributed by atoms with Crippen molar-refractivity contribution < 1.29 is 33.1 Å². The molecule has 0 aliphatic carbocycles. The number of allylic oxidation sites excluding steroid dienone is 10. The molecule has 0 bridgehead atoms. The molecule has 5 unspecified atom stereocenters. The van der Waals surface area contributed by atoms with Gasteiger partial charge in [0.15, 0.2) is 28.2 Å². The van der Waals surface area contributed by atoms with Crippen LogP contribution >= 0.6 is 0 Å². The zero-order chi connectivity index (χ0) is 62.7. The highest BCUT2D eigenvalue weighted by atomic mass is 28.4. The number of ether oxygens (including phenoxy) is 1. The number of carbonyl (C=O) groups is 4. The molecule has 0 radical (unpaired) electrons. The van der Waals surface area contributed by atoms with E-state index in [4.69, 9.17) is 8.85 Å². The Balaban J connectivity index is 0.000000472. The van der Waals surface area contributed by atoms with Crippen molar-refractivity contribution in [1.29, 1.82) is 0 Å². The third-order valence-electron chi connectivity index (χ3n) is 15.6. The predicted molar refractivity (Wildman–Crippen MR) is 367 cm³/mol. The molecule has 0 aliphatic heterocycles. The first-order chi connectivity index (χ1) is 40.9. The van der Waals surface area contributed by atoms with E-state index in [2.05, 4.69) is 134 Å². The second-order valence-corrected chi connectivity index (χ2v) is 32.7. The van der Waals surface area contributed by atoms with Crippen molar-refractivity contribution >= 4 is 45.8 Å². The van der Waals surface area contributed by atoms with Gasteiger partial charge in [0.1, 0.15) is 5.75 Å². The zero-order valence-corrected chi connectivity index (χ0v) is 56.0. The monoisotopic (exact) mass is 1190 g/mol. The maximum Gasteiger partial charge on any atom is 0.307 e. The SMILES string of the molecule is C=CC(CC/C=C\CC/C=C/CC)CC(C)CC.C=CC(CC/C=C\CC/C=C/CC)CCC(CC)C(CC(=O)Nc1ccc(C(=O)c2ccccc2)cc1)C(=O)O.CC[Si](C)(C)O[Si](C)(C)CCCOc1ccc(C(=O)c2ccccc2)cc1. The number of hydrogen-bond acceptors (Lipinski definition) is 6. The molecule has 4 aromatic rings. The Morgan fingerprint density at radius 1 is 0.553 bits per heavy atom. The Hall–Kier alpha value is -6.21. The summed E-state index contributed by atoms with van der Waals surface area (Å²) in [5.41, 5.74) is 3.04. The number of benzene rings is 4. The molecule has 4 rings (SSSR count). The number of carboxylic acid groups (broad SMARTS) is 1. The van der Waals surface area contributed by atoms with E-state index in [1.807, 2.05) is 85.8 Å². The Bertz CT molecular complexity index is 2600. The van der Waals surface area contributed by atoms with Gasteiger partial charge in [0.25, 0.3) is 0 Å². The summed E-state index contributed by atoms with van der Waals surface area (Å²) in [6.07, 6.45) is 39.0. The number of rotatable bonds is 40. The Labute approximate surface area is 517 Å². The quantitative estimate of drug-likeness (QED) is 0.0197. The molecule has 4 aromatic carbocycles. The highest BCUT2D eigenvalue weighted by molar-refractivity contribution is 6.84. The fourth-order valence-electron chi connectivity index (χ4n) is 9.91. The molecule has 0 saturated carbocycles. The van der Waals surface area contributed by atoms with Crippen LogP contribution in [0.3, 0.4) is 0 Å². The van der Waals surface area contributed by atoms with Gasteiger partial charge in [-0.3, -0.25) is 19.2 Å². The van der Waals surface area contributed by atoms with Crippen molar-refractivity contribution in [2.75, 3.05) is 11.9 Å². The number of ketones is 2. The van der Waals surface area contributed by atoms with Gasteiger partial charge >= 0.3 is 5.97 Å². The summed E-state index contributed by atoms with van der Waals surface area (Å²) in [7, 11) is -3.12. The molecule has 0 saturated heterocycles. The van der Waals surface area contributed by atoms with Crippen molar-refractivity contribution in [1.82, 2.24) is 0 Å². The van der Waals surface area contributed by atoms with Crippen molar-refractivity contribution in [3.63, 3.8) is 0 Å². The fourth-order valence-corrected chi connectivity index (χ4v) is 17.9. The Kier molecular flexibility index (Phi) is 39.0. The minimum Gasteiger partial charge on any atom is -0.494 e. The van der Waals surface area contributed by atoms with Gasteiger partial charge in [-0.1, -0.05) is 176 Å². The Morgan fingerprint density at radius 2 is 1.01 bits per heavy atom. The Morgan fingerprint density at radius 3 is 1.46 bits per heavy atom. The maximum absolute atomic E-state index is 12.8. The van der Waals surface area contributed by atoms with Gasteiger partial charge in [-0.15, -0.1) is 13.2 Å². The van der Waals surface area contributed by atoms with Crippen LogP contribution in [0.25, 0.3) is 0 Å². The third-order valence-corrected chi connectivity index (χ3v) is 23.2. The average Bonchev–Trinajstić information content (AvgIpc) is 3.72. The van der Waals surface area contributed by atoms with E-state index in [-0.39, 0.29) is 29.8 Å². The highest BCUT2D eigenvalue weighted by Crippen LogP contribution is 2.30. The van der Waals surface area contributed by atoms with E-state index in [9.17, 15) is 24.3 Å². The number of amides is 1. The van der Waals surface area contributed by atoms with Gasteiger partial charge in [-0.25, -0.2) is 0 Å².